The number of aliphatic hydroxyl groups is 1. The predicted molar refractivity (Wildman–Crippen MR) is 90.0 cm³/mol. The largest absolute Gasteiger partial charge is 3.00 e. The van der Waals surface area contributed by atoms with Crippen molar-refractivity contribution in [2.24, 2.45) is 0 Å². The molecule has 0 unspecified atom stereocenters. The molecule has 1 aliphatic heterocycles. The molecule has 0 saturated heterocycles. The third-order valence-electron chi connectivity index (χ3n) is 4.70. The third kappa shape index (κ3) is 3.37. The molecular formula is C18H19Cl2O2SiZr. The minimum atomic E-state index is -1.21. The number of rotatable bonds is 4. The molecule has 0 saturated carbocycles. The molecular weight excluding hydrogens is 438 g/mol. The smallest absolute Gasteiger partial charge is 1.00 e. The van der Waals surface area contributed by atoms with Crippen LogP contribution >= 0.6 is 0 Å². The fraction of sp³-hybridized carbons (Fsp3) is 0.278. The van der Waals surface area contributed by atoms with Gasteiger partial charge in [0.2, 0.25) is 0 Å². The SMILES string of the molecule is C[Si]1(C)c2[cH-]c3cccc(C4=CC(OCCO)=CC4)c3c21.[Cl-].[Cl-].[Zr+3]. The van der Waals surface area contributed by atoms with E-state index in [0.717, 1.165) is 12.2 Å². The van der Waals surface area contributed by atoms with Gasteiger partial charge in [0.25, 0.3) is 0 Å². The number of hydrogen-bond donors (Lipinski definition) is 1. The second-order valence-corrected chi connectivity index (χ2v) is 10.7. The molecule has 2 nitrogen and oxygen atoms in total. The summed E-state index contributed by atoms with van der Waals surface area (Å²) in [5.41, 5.74) is 2.70. The van der Waals surface area contributed by atoms with Crippen molar-refractivity contribution in [3.8, 4) is 0 Å². The van der Waals surface area contributed by atoms with Crippen molar-refractivity contribution in [3.63, 3.8) is 0 Å². The first-order valence-electron chi connectivity index (χ1n) is 7.51. The molecule has 0 aromatic heterocycles. The van der Waals surface area contributed by atoms with E-state index < -0.39 is 8.07 Å². The summed E-state index contributed by atoms with van der Waals surface area (Å²) >= 11 is 0. The molecule has 24 heavy (non-hydrogen) atoms. The molecule has 125 valence electrons. The van der Waals surface area contributed by atoms with E-state index in [1.165, 1.54) is 21.9 Å². The number of benzene rings is 1. The Kier molecular flexibility index (Phi) is 7.24. The van der Waals surface area contributed by atoms with Crippen molar-refractivity contribution in [2.75, 3.05) is 13.2 Å². The van der Waals surface area contributed by atoms with E-state index in [1.54, 1.807) is 10.4 Å². The van der Waals surface area contributed by atoms with Crippen LogP contribution < -0.4 is 35.2 Å². The van der Waals surface area contributed by atoms with Crippen LogP contribution in [0.25, 0.3) is 16.3 Å². The van der Waals surface area contributed by atoms with Gasteiger partial charge in [-0.3, -0.25) is 0 Å². The van der Waals surface area contributed by atoms with Gasteiger partial charge in [-0.1, -0.05) is 24.7 Å². The normalized spacial score (nSPS) is 16.1. The molecule has 1 radical (unpaired) electrons. The van der Waals surface area contributed by atoms with Crippen LogP contribution in [-0.2, 0) is 30.9 Å². The molecule has 0 fully saturated rings. The maximum Gasteiger partial charge on any atom is 3.00 e. The summed E-state index contributed by atoms with van der Waals surface area (Å²) in [6.07, 6.45) is 5.15. The summed E-state index contributed by atoms with van der Waals surface area (Å²) in [4.78, 5) is 0. The maximum atomic E-state index is 8.86. The molecule has 0 atom stereocenters. The number of aliphatic hydroxyl groups excluding tert-OH is 1. The number of allylic oxidation sites excluding steroid dienone is 3. The van der Waals surface area contributed by atoms with E-state index in [-0.39, 0.29) is 57.6 Å². The zero-order chi connectivity index (χ0) is 14.6. The van der Waals surface area contributed by atoms with Crippen molar-refractivity contribution in [1.82, 2.24) is 0 Å². The second-order valence-electron chi connectivity index (χ2n) is 6.38. The van der Waals surface area contributed by atoms with Gasteiger partial charge in [-0.25, -0.2) is 0 Å². The van der Waals surface area contributed by atoms with E-state index in [4.69, 9.17) is 9.84 Å². The van der Waals surface area contributed by atoms with Crippen LogP contribution in [0.3, 0.4) is 0 Å². The molecule has 1 aliphatic carbocycles. The maximum absolute atomic E-state index is 8.86. The van der Waals surface area contributed by atoms with E-state index in [0.29, 0.717) is 6.61 Å². The average molecular weight is 458 g/mol. The van der Waals surface area contributed by atoms with Crippen molar-refractivity contribution >= 4 is 34.8 Å². The summed E-state index contributed by atoms with van der Waals surface area (Å²) in [6, 6.07) is 9.01. The first-order chi connectivity index (χ1) is 10.1. The van der Waals surface area contributed by atoms with Gasteiger partial charge in [0.1, 0.15) is 12.4 Å². The van der Waals surface area contributed by atoms with Gasteiger partial charge < -0.3 is 34.7 Å². The van der Waals surface area contributed by atoms with Crippen LogP contribution in [-0.4, -0.2) is 26.4 Å². The third-order valence-corrected chi connectivity index (χ3v) is 7.96. The quantitative estimate of drug-likeness (QED) is 0.380. The Bertz CT molecular complexity index is 809. The first kappa shape index (κ1) is 21.8. The van der Waals surface area contributed by atoms with Crippen LogP contribution in [0.4, 0.5) is 0 Å². The minimum absolute atomic E-state index is 0. The summed E-state index contributed by atoms with van der Waals surface area (Å²) in [5, 5.41) is 15.0. The van der Waals surface area contributed by atoms with Gasteiger partial charge in [0.15, 0.2) is 0 Å². The summed E-state index contributed by atoms with van der Waals surface area (Å²) in [6.45, 7) is 5.30. The second kappa shape index (κ2) is 7.97. The van der Waals surface area contributed by atoms with Crippen LogP contribution in [0.5, 0.6) is 0 Å². The Morgan fingerprint density at radius 1 is 1.25 bits per heavy atom. The molecule has 1 heterocycles. The monoisotopic (exact) mass is 455 g/mol. The fourth-order valence-corrected chi connectivity index (χ4v) is 6.91. The van der Waals surface area contributed by atoms with Gasteiger partial charge in [-0.05, 0) is 24.1 Å². The minimum Gasteiger partial charge on any atom is -1.00 e. The Labute approximate surface area is 175 Å². The van der Waals surface area contributed by atoms with Crippen molar-refractivity contribution in [3.05, 3.63) is 47.7 Å². The van der Waals surface area contributed by atoms with Gasteiger partial charge in [-0.15, -0.1) is 29.0 Å². The zero-order valence-corrected chi connectivity index (χ0v) is 18.7. The molecule has 2 aliphatic rings. The van der Waals surface area contributed by atoms with Crippen molar-refractivity contribution in [1.29, 1.82) is 0 Å². The molecule has 2 aromatic carbocycles. The topological polar surface area (TPSA) is 29.5 Å². The summed E-state index contributed by atoms with van der Waals surface area (Å²) in [7, 11) is -1.21. The Morgan fingerprint density at radius 2 is 2.00 bits per heavy atom. The molecule has 0 bridgehead atoms. The van der Waals surface area contributed by atoms with E-state index in [2.05, 4.69) is 49.5 Å². The number of halogens is 2. The van der Waals surface area contributed by atoms with Crippen LogP contribution in [0.15, 0.2) is 42.2 Å². The first-order valence-corrected chi connectivity index (χ1v) is 10.5. The van der Waals surface area contributed by atoms with E-state index in [1.807, 2.05) is 0 Å². The van der Waals surface area contributed by atoms with Crippen LogP contribution in [0, 0.1) is 0 Å². The van der Waals surface area contributed by atoms with Gasteiger partial charge >= 0.3 is 26.2 Å². The van der Waals surface area contributed by atoms with Gasteiger partial charge in [-0.2, -0.15) is 10.4 Å². The summed E-state index contributed by atoms with van der Waals surface area (Å²) in [5.74, 6) is 0.889. The van der Waals surface area contributed by atoms with Gasteiger partial charge in [0.05, 0.1) is 6.61 Å². The number of fused-ring (bicyclic) bond motifs is 3. The molecule has 1 N–H and O–H groups in total. The standard InChI is InChI=1S/C18H19O2Si.2ClH.Zr/c1-21(2)16-11-13-4-3-5-15(17(13)18(16)21)12-6-7-14(10-12)20-9-8-19;;;/h3-5,7,10-11,19H,6,8-9H2,1-2H3;2*1H;/q-1;;;+3/p-2. The number of ether oxygens (including phenoxy) is 1. The van der Waals surface area contributed by atoms with Crippen molar-refractivity contribution in [2.45, 2.75) is 19.5 Å². The predicted octanol–water partition coefficient (Wildman–Crippen LogP) is -3.62. The zero-order valence-electron chi connectivity index (χ0n) is 13.7. The Hall–Kier alpha value is -0.250. The molecule has 0 spiro atoms. The average Bonchev–Trinajstić information content (AvgIpc) is 2.92. The van der Waals surface area contributed by atoms with Crippen molar-refractivity contribution < 1.29 is 60.9 Å². The van der Waals surface area contributed by atoms with Crippen LogP contribution in [0.2, 0.25) is 13.1 Å². The molecule has 0 amide bonds. The Balaban J connectivity index is 0.000000960. The molecule has 4 rings (SSSR count). The van der Waals surface area contributed by atoms with E-state index in [9.17, 15) is 0 Å². The van der Waals surface area contributed by atoms with Crippen LogP contribution in [0.1, 0.15) is 12.0 Å². The number of hydrogen-bond acceptors (Lipinski definition) is 2. The van der Waals surface area contributed by atoms with Gasteiger partial charge in [0, 0.05) is 8.07 Å². The van der Waals surface area contributed by atoms with E-state index >= 15 is 0 Å². The Morgan fingerprint density at radius 3 is 2.71 bits per heavy atom. The summed E-state index contributed by atoms with van der Waals surface area (Å²) < 4.78 is 5.52. The molecule has 6 heteroatoms. The fourth-order valence-electron chi connectivity index (χ4n) is 3.54. The molecule has 2 aromatic rings.